The maximum absolute atomic E-state index is 4.99. The lowest BCUT2D eigenvalue weighted by Gasteiger charge is -2.38. The van der Waals surface area contributed by atoms with Gasteiger partial charge in [-0.1, -0.05) is 39.8 Å². The summed E-state index contributed by atoms with van der Waals surface area (Å²) in [6, 6.07) is 8.25. The highest BCUT2D eigenvalue weighted by atomic mass is 14.9. The molecule has 0 saturated heterocycles. The van der Waals surface area contributed by atoms with Crippen LogP contribution in [0.4, 0.5) is 0 Å². The first-order valence-corrected chi connectivity index (χ1v) is 7.18. The van der Waals surface area contributed by atoms with Gasteiger partial charge in [-0.15, -0.1) is 0 Å². The normalized spacial score (nSPS) is 34.7. The van der Waals surface area contributed by atoms with Crippen molar-refractivity contribution >= 4 is 11.0 Å². The van der Waals surface area contributed by atoms with Crippen LogP contribution in [0.1, 0.15) is 51.9 Å². The highest BCUT2D eigenvalue weighted by Gasteiger charge is 2.67. The Morgan fingerprint density at radius 3 is 1.63 bits per heavy atom. The molecule has 0 radical (unpaired) electrons. The van der Waals surface area contributed by atoms with E-state index in [9.17, 15) is 0 Å². The van der Waals surface area contributed by atoms with Crippen molar-refractivity contribution in [2.75, 3.05) is 0 Å². The van der Waals surface area contributed by atoms with Crippen molar-refractivity contribution in [3.05, 3.63) is 35.7 Å². The third kappa shape index (κ3) is 1.02. The molecule has 4 rings (SSSR count). The van der Waals surface area contributed by atoms with Crippen LogP contribution in [-0.2, 0) is 10.8 Å². The van der Waals surface area contributed by atoms with Crippen molar-refractivity contribution in [1.29, 1.82) is 0 Å². The molecule has 2 heteroatoms. The highest BCUT2D eigenvalue weighted by molar-refractivity contribution is 5.75. The third-order valence-corrected chi connectivity index (χ3v) is 6.50. The van der Waals surface area contributed by atoms with E-state index in [-0.39, 0.29) is 16.2 Å². The molecule has 2 nitrogen and oxygen atoms in total. The van der Waals surface area contributed by atoms with Crippen molar-refractivity contribution in [3.8, 4) is 0 Å². The molecule has 98 valence electrons. The van der Waals surface area contributed by atoms with Crippen molar-refractivity contribution in [1.82, 2.24) is 9.97 Å². The maximum Gasteiger partial charge on any atom is 0.0890 e. The molecule has 0 amide bonds. The number of benzene rings is 1. The Morgan fingerprint density at radius 2 is 1.21 bits per heavy atom. The molecule has 1 aromatic carbocycles. The standard InChI is InChI=1S/C17H20N2/c1-15(2)16(3)9-10-17(15,4)14-13(16)18-11-7-5-6-8-12(11)19-14/h5-8H,9-10H2,1-4H3/t16-,17-/m1/s1. The zero-order valence-corrected chi connectivity index (χ0v) is 12.1. The van der Waals surface area contributed by atoms with Gasteiger partial charge in [0.05, 0.1) is 22.4 Å². The molecule has 2 aromatic rings. The molecular weight excluding hydrogens is 232 g/mol. The Bertz CT molecular complexity index is 645. The Balaban J connectivity index is 2.13. The van der Waals surface area contributed by atoms with Crippen LogP contribution in [0.2, 0.25) is 0 Å². The highest BCUT2D eigenvalue weighted by Crippen LogP contribution is 2.69. The van der Waals surface area contributed by atoms with Crippen LogP contribution in [0.3, 0.4) is 0 Å². The average molecular weight is 252 g/mol. The van der Waals surface area contributed by atoms with Gasteiger partial charge in [0.25, 0.3) is 0 Å². The Hall–Kier alpha value is -1.44. The summed E-state index contributed by atoms with van der Waals surface area (Å²) in [5.41, 5.74) is 5.17. The van der Waals surface area contributed by atoms with Crippen molar-refractivity contribution in [2.24, 2.45) is 5.41 Å². The summed E-state index contributed by atoms with van der Waals surface area (Å²) in [6.45, 7) is 9.56. The minimum atomic E-state index is 0.175. The van der Waals surface area contributed by atoms with Gasteiger partial charge in [-0.2, -0.15) is 0 Å². The minimum absolute atomic E-state index is 0.175. The van der Waals surface area contributed by atoms with Crippen LogP contribution in [0.5, 0.6) is 0 Å². The molecule has 2 bridgehead atoms. The van der Waals surface area contributed by atoms with E-state index in [4.69, 9.17) is 9.97 Å². The fourth-order valence-electron chi connectivity index (χ4n) is 4.33. The molecule has 0 unspecified atom stereocenters. The van der Waals surface area contributed by atoms with Crippen LogP contribution < -0.4 is 0 Å². The van der Waals surface area contributed by atoms with E-state index in [0.29, 0.717) is 0 Å². The number of hydrogen-bond acceptors (Lipinski definition) is 2. The molecule has 19 heavy (non-hydrogen) atoms. The second-order valence-corrected chi connectivity index (χ2v) is 7.20. The second-order valence-electron chi connectivity index (χ2n) is 7.20. The van der Waals surface area contributed by atoms with Gasteiger partial charge in [-0.05, 0) is 30.4 Å². The summed E-state index contributed by atoms with van der Waals surface area (Å²) in [7, 11) is 0. The van der Waals surface area contributed by atoms with Gasteiger partial charge >= 0.3 is 0 Å². The molecule has 2 aliphatic carbocycles. The van der Waals surface area contributed by atoms with E-state index < -0.39 is 0 Å². The summed E-state index contributed by atoms with van der Waals surface area (Å²) < 4.78 is 0. The first-order valence-electron chi connectivity index (χ1n) is 7.18. The molecule has 1 heterocycles. The summed E-state index contributed by atoms with van der Waals surface area (Å²) in [4.78, 5) is 9.98. The van der Waals surface area contributed by atoms with E-state index in [1.165, 1.54) is 24.2 Å². The third-order valence-electron chi connectivity index (χ3n) is 6.50. The number of nitrogens with zero attached hydrogens (tertiary/aromatic N) is 2. The molecule has 1 saturated carbocycles. The number of rotatable bonds is 0. The van der Waals surface area contributed by atoms with Gasteiger partial charge in [-0.25, -0.2) is 9.97 Å². The van der Waals surface area contributed by atoms with Crippen LogP contribution in [0, 0.1) is 5.41 Å². The molecule has 1 fully saturated rings. The molecular formula is C17H20N2. The quantitative estimate of drug-likeness (QED) is 0.708. The molecule has 2 atom stereocenters. The Kier molecular flexibility index (Phi) is 1.80. The van der Waals surface area contributed by atoms with Crippen LogP contribution >= 0.6 is 0 Å². The molecule has 0 spiro atoms. The summed E-state index contributed by atoms with van der Waals surface area (Å²) in [5.74, 6) is 0. The van der Waals surface area contributed by atoms with E-state index in [0.717, 1.165) is 11.0 Å². The number of hydrogen-bond donors (Lipinski definition) is 0. The number of aromatic nitrogens is 2. The number of para-hydroxylation sites is 2. The SMILES string of the molecule is CC1(C)[C@]2(C)CC[C@]1(C)c1nc3ccccc3nc12. The largest absolute Gasteiger partial charge is 0.249 e. The van der Waals surface area contributed by atoms with Gasteiger partial charge in [0.2, 0.25) is 0 Å². The van der Waals surface area contributed by atoms with Gasteiger partial charge in [0.1, 0.15) is 0 Å². The molecule has 1 aromatic heterocycles. The fourth-order valence-corrected chi connectivity index (χ4v) is 4.33. The van der Waals surface area contributed by atoms with Crippen molar-refractivity contribution in [3.63, 3.8) is 0 Å². The van der Waals surface area contributed by atoms with Gasteiger partial charge < -0.3 is 0 Å². The minimum Gasteiger partial charge on any atom is -0.249 e. The first-order chi connectivity index (χ1) is 8.90. The van der Waals surface area contributed by atoms with Crippen molar-refractivity contribution < 1.29 is 0 Å². The van der Waals surface area contributed by atoms with E-state index in [2.05, 4.69) is 39.8 Å². The van der Waals surface area contributed by atoms with Crippen LogP contribution in [-0.4, -0.2) is 9.97 Å². The monoisotopic (exact) mass is 252 g/mol. The molecule has 0 N–H and O–H groups in total. The second kappa shape index (κ2) is 3.00. The summed E-state index contributed by atoms with van der Waals surface area (Å²) in [5, 5.41) is 0. The first kappa shape index (κ1) is 11.4. The lowest BCUT2D eigenvalue weighted by atomic mass is 9.65. The molecule has 2 aliphatic rings. The summed E-state index contributed by atoms with van der Waals surface area (Å²) >= 11 is 0. The predicted molar refractivity (Wildman–Crippen MR) is 77.3 cm³/mol. The van der Waals surface area contributed by atoms with Crippen molar-refractivity contribution in [2.45, 2.75) is 51.4 Å². The van der Waals surface area contributed by atoms with Gasteiger partial charge in [-0.3, -0.25) is 0 Å². The van der Waals surface area contributed by atoms with Crippen LogP contribution in [0.25, 0.3) is 11.0 Å². The Labute approximate surface area is 114 Å². The lowest BCUT2D eigenvalue weighted by molar-refractivity contribution is 0.168. The number of fused-ring (bicyclic) bond motifs is 6. The van der Waals surface area contributed by atoms with Gasteiger partial charge in [0.15, 0.2) is 0 Å². The zero-order chi connectivity index (χ0) is 13.5. The van der Waals surface area contributed by atoms with E-state index >= 15 is 0 Å². The smallest absolute Gasteiger partial charge is 0.0890 e. The van der Waals surface area contributed by atoms with E-state index in [1.807, 2.05) is 12.1 Å². The summed E-state index contributed by atoms with van der Waals surface area (Å²) in [6.07, 6.45) is 2.47. The average Bonchev–Trinajstić information content (AvgIpc) is 2.65. The Morgan fingerprint density at radius 1 is 0.789 bits per heavy atom. The topological polar surface area (TPSA) is 25.8 Å². The fraction of sp³-hybridized carbons (Fsp3) is 0.529. The lowest BCUT2D eigenvalue weighted by Crippen LogP contribution is -2.38. The maximum atomic E-state index is 4.99. The predicted octanol–water partition coefficient (Wildman–Crippen LogP) is 3.98. The zero-order valence-electron chi connectivity index (χ0n) is 12.1. The van der Waals surface area contributed by atoms with Gasteiger partial charge in [0, 0.05) is 10.8 Å². The van der Waals surface area contributed by atoms with Crippen LogP contribution in [0.15, 0.2) is 24.3 Å². The van der Waals surface area contributed by atoms with E-state index in [1.54, 1.807) is 0 Å². The molecule has 0 aliphatic heterocycles.